The van der Waals surface area contributed by atoms with Crippen LogP contribution in [0.2, 0.25) is 15.1 Å². The van der Waals surface area contributed by atoms with E-state index in [0.29, 0.717) is 10.6 Å². The van der Waals surface area contributed by atoms with E-state index >= 15 is 0 Å². The summed E-state index contributed by atoms with van der Waals surface area (Å²) in [6, 6.07) is 11.2. The number of aromatic nitrogens is 1. The summed E-state index contributed by atoms with van der Waals surface area (Å²) in [5.41, 5.74) is 6.06. The molecule has 3 rings (SSSR count). The first kappa shape index (κ1) is 21.9. The predicted molar refractivity (Wildman–Crippen MR) is 119 cm³/mol. The number of carbonyl (C=O) groups excluding carboxylic acids is 1. The molecule has 0 aliphatic rings. The molecule has 2 N–H and O–H groups in total. The first-order valence-corrected chi connectivity index (χ1v) is 9.83. The molecule has 1 heterocycles. The molecule has 1 aromatic heterocycles. The lowest BCUT2D eigenvalue weighted by atomic mass is 10.2. The highest BCUT2D eigenvalue weighted by atomic mass is 35.5. The van der Waals surface area contributed by atoms with E-state index < -0.39 is 11.9 Å². The van der Waals surface area contributed by atoms with Gasteiger partial charge in [0.25, 0.3) is 5.91 Å². The van der Waals surface area contributed by atoms with E-state index in [1.807, 2.05) is 24.5 Å². The number of nitrogens with zero attached hydrogens (tertiary/aromatic N) is 2. The van der Waals surface area contributed by atoms with Crippen LogP contribution >= 0.6 is 34.8 Å². The van der Waals surface area contributed by atoms with Crippen LogP contribution < -0.4 is 5.43 Å². The van der Waals surface area contributed by atoms with Crippen LogP contribution in [0.15, 0.2) is 47.6 Å². The smallest absolute Gasteiger partial charge is 0.337 e. The fourth-order valence-electron chi connectivity index (χ4n) is 2.99. The summed E-state index contributed by atoms with van der Waals surface area (Å²) in [5.74, 6) is -1.51. The third-order valence-electron chi connectivity index (χ3n) is 4.46. The van der Waals surface area contributed by atoms with Gasteiger partial charge in [-0.25, -0.2) is 10.2 Å². The van der Waals surface area contributed by atoms with Crippen molar-refractivity contribution in [3.05, 3.63) is 85.6 Å². The van der Waals surface area contributed by atoms with Gasteiger partial charge in [-0.3, -0.25) is 4.79 Å². The third kappa shape index (κ3) is 4.51. The zero-order chi connectivity index (χ0) is 22.0. The molecular formula is C21H16Cl3N3O3. The highest BCUT2D eigenvalue weighted by Crippen LogP contribution is 2.25. The van der Waals surface area contributed by atoms with Crippen molar-refractivity contribution in [2.75, 3.05) is 0 Å². The maximum Gasteiger partial charge on any atom is 0.337 e. The van der Waals surface area contributed by atoms with E-state index in [0.717, 1.165) is 22.6 Å². The van der Waals surface area contributed by atoms with Crippen LogP contribution in [-0.2, 0) is 0 Å². The van der Waals surface area contributed by atoms with E-state index in [9.17, 15) is 9.59 Å². The molecule has 154 valence electrons. The second-order valence-electron chi connectivity index (χ2n) is 6.46. The maximum atomic E-state index is 12.2. The van der Waals surface area contributed by atoms with Crippen LogP contribution in [0.1, 0.15) is 37.7 Å². The van der Waals surface area contributed by atoms with Crippen LogP contribution in [0.3, 0.4) is 0 Å². The number of carboxylic acid groups (broad SMARTS) is 1. The van der Waals surface area contributed by atoms with Gasteiger partial charge in [0.15, 0.2) is 0 Å². The summed E-state index contributed by atoms with van der Waals surface area (Å²) < 4.78 is 1.92. The average Bonchev–Trinajstić information content (AvgIpc) is 2.96. The molecule has 1 amide bonds. The molecule has 0 bridgehead atoms. The molecule has 0 unspecified atom stereocenters. The average molecular weight is 465 g/mol. The molecule has 0 radical (unpaired) electrons. The summed E-state index contributed by atoms with van der Waals surface area (Å²) in [5, 5.41) is 13.9. The molecule has 0 atom stereocenters. The Balaban J connectivity index is 1.81. The molecule has 0 saturated heterocycles. The monoisotopic (exact) mass is 463 g/mol. The van der Waals surface area contributed by atoms with Crippen LogP contribution in [0.5, 0.6) is 0 Å². The highest BCUT2D eigenvalue weighted by Gasteiger charge is 2.14. The number of hydrogen-bond acceptors (Lipinski definition) is 3. The minimum Gasteiger partial charge on any atom is -0.478 e. The van der Waals surface area contributed by atoms with E-state index in [1.165, 1.54) is 24.4 Å². The Labute approximate surface area is 187 Å². The zero-order valence-corrected chi connectivity index (χ0v) is 18.2. The summed E-state index contributed by atoms with van der Waals surface area (Å²) in [4.78, 5) is 23.4. The van der Waals surface area contributed by atoms with Gasteiger partial charge in [-0.2, -0.15) is 5.10 Å². The number of halogens is 3. The lowest BCUT2D eigenvalue weighted by molar-refractivity contribution is 0.0697. The summed E-state index contributed by atoms with van der Waals surface area (Å²) in [6.45, 7) is 3.78. The van der Waals surface area contributed by atoms with Crippen LogP contribution in [0, 0.1) is 13.8 Å². The number of carbonyl (C=O) groups is 2. The highest BCUT2D eigenvalue weighted by molar-refractivity contribution is 6.42. The SMILES string of the molecule is Cc1cc(/C=N\NC(=O)c2ccc(Cl)c(Cl)c2)c(C)n1-c1ccc(C(=O)O)c(Cl)c1. The van der Waals surface area contributed by atoms with Crippen molar-refractivity contribution in [1.29, 1.82) is 0 Å². The van der Waals surface area contributed by atoms with Gasteiger partial charge in [0.1, 0.15) is 0 Å². The topological polar surface area (TPSA) is 83.7 Å². The van der Waals surface area contributed by atoms with Crippen molar-refractivity contribution in [2.24, 2.45) is 5.10 Å². The van der Waals surface area contributed by atoms with E-state index in [2.05, 4.69) is 10.5 Å². The Hall–Kier alpha value is -2.80. The second kappa shape index (κ2) is 8.92. The van der Waals surface area contributed by atoms with E-state index in [1.54, 1.807) is 18.2 Å². The number of carboxylic acids is 1. The quantitative estimate of drug-likeness (QED) is 0.385. The Bertz CT molecular complexity index is 1190. The van der Waals surface area contributed by atoms with Gasteiger partial charge in [-0.15, -0.1) is 0 Å². The number of benzene rings is 2. The largest absolute Gasteiger partial charge is 0.478 e. The minimum absolute atomic E-state index is 0.0367. The lowest BCUT2D eigenvalue weighted by Gasteiger charge is -2.11. The van der Waals surface area contributed by atoms with Crippen LogP contribution in [-0.4, -0.2) is 27.8 Å². The van der Waals surface area contributed by atoms with Gasteiger partial charge in [0, 0.05) is 28.2 Å². The minimum atomic E-state index is -1.09. The molecular weight excluding hydrogens is 449 g/mol. The molecule has 0 spiro atoms. The molecule has 0 aliphatic carbocycles. The van der Waals surface area contributed by atoms with Gasteiger partial charge in [-0.1, -0.05) is 34.8 Å². The van der Waals surface area contributed by atoms with Crippen molar-refractivity contribution >= 4 is 52.9 Å². The number of aryl methyl sites for hydroxylation is 1. The molecule has 0 saturated carbocycles. The standard InChI is InChI=1S/C21H16Cl3N3O3/c1-11-7-14(10-25-26-20(28)13-3-6-17(22)19(24)8-13)12(2)27(11)15-4-5-16(21(29)30)18(23)9-15/h3-10H,1-2H3,(H,26,28)(H,29,30)/b25-10-. The molecule has 30 heavy (non-hydrogen) atoms. The maximum absolute atomic E-state index is 12.2. The lowest BCUT2D eigenvalue weighted by Crippen LogP contribution is -2.17. The van der Waals surface area contributed by atoms with Gasteiger partial charge in [0.2, 0.25) is 0 Å². The summed E-state index contributed by atoms with van der Waals surface area (Å²) in [6.07, 6.45) is 1.53. The summed E-state index contributed by atoms with van der Waals surface area (Å²) >= 11 is 17.9. The van der Waals surface area contributed by atoms with Gasteiger partial charge in [-0.05, 0) is 56.3 Å². The zero-order valence-electron chi connectivity index (χ0n) is 15.9. The predicted octanol–water partition coefficient (Wildman–Crippen LogP) is 5.52. The molecule has 0 aliphatic heterocycles. The fraction of sp³-hybridized carbons (Fsp3) is 0.0952. The summed E-state index contributed by atoms with van der Waals surface area (Å²) in [7, 11) is 0. The van der Waals surface area contributed by atoms with Crippen molar-refractivity contribution < 1.29 is 14.7 Å². The molecule has 0 fully saturated rings. The number of rotatable bonds is 5. The number of nitrogens with one attached hydrogen (secondary N) is 1. The van der Waals surface area contributed by atoms with Gasteiger partial charge < -0.3 is 9.67 Å². The Kier molecular flexibility index (Phi) is 6.51. The van der Waals surface area contributed by atoms with Gasteiger partial charge >= 0.3 is 5.97 Å². The number of aromatic carboxylic acids is 1. The van der Waals surface area contributed by atoms with Crippen molar-refractivity contribution in [2.45, 2.75) is 13.8 Å². The van der Waals surface area contributed by atoms with Crippen molar-refractivity contribution in [3.8, 4) is 5.69 Å². The molecule has 2 aromatic carbocycles. The molecule has 6 nitrogen and oxygen atoms in total. The van der Waals surface area contributed by atoms with Crippen LogP contribution in [0.25, 0.3) is 5.69 Å². The first-order chi connectivity index (χ1) is 14.2. The normalized spacial score (nSPS) is 11.1. The first-order valence-electron chi connectivity index (χ1n) is 8.69. The molecule has 3 aromatic rings. The molecule has 9 heteroatoms. The van der Waals surface area contributed by atoms with E-state index in [-0.39, 0.29) is 15.6 Å². The Morgan fingerprint density at radius 1 is 1.00 bits per heavy atom. The Morgan fingerprint density at radius 3 is 2.37 bits per heavy atom. The Morgan fingerprint density at radius 2 is 1.73 bits per heavy atom. The van der Waals surface area contributed by atoms with E-state index in [4.69, 9.17) is 39.9 Å². The van der Waals surface area contributed by atoms with Crippen LogP contribution in [0.4, 0.5) is 0 Å². The van der Waals surface area contributed by atoms with Crippen molar-refractivity contribution in [1.82, 2.24) is 9.99 Å². The second-order valence-corrected chi connectivity index (χ2v) is 7.68. The number of hydrogen-bond donors (Lipinski definition) is 2. The number of amides is 1. The fourth-order valence-corrected chi connectivity index (χ4v) is 3.55. The van der Waals surface area contributed by atoms with Gasteiger partial charge in [0.05, 0.1) is 26.8 Å². The van der Waals surface area contributed by atoms with Crippen molar-refractivity contribution in [3.63, 3.8) is 0 Å². The third-order valence-corrected chi connectivity index (χ3v) is 5.51. The number of hydrazone groups is 1.